The lowest BCUT2D eigenvalue weighted by molar-refractivity contribution is -0.125. The number of carbonyl (C=O) groups is 2. The minimum atomic E-state index is -0.477. The van der Waals surface area contributed by atoms with Crippen LogP contribution < -0.4 is 5.32 Å². The number of ether oxygens (including phenoxy) is 1. The second-order valence-corrected chi connectivity index (χ2v) is 7.60. The molecule has 5 heteroatoms. The molecule has 0 aliphatic heterocycles. The van der Waals surface area contributed by atoms with Crippen LogP contribution in [0.5, 0.6) is 0 Å². The zero-order valence-corrected chi connectivity index (χ0v) is 16.3. The van der Waals surface area contributed by atoms with Crippen LogP contribution in [0.4, 0.5) is 0 Å². The Balaban J connectivity index is 1.51. The monoisotopic (exact) mass is 368 g/mol. The van der Waals surface area contributed by atoms with Gasteiger partial charge in [0.25, 0.3) is 5.91 Å². The van der Waals surface area contributed by atoms with Gasteiger partial charge in [0.05, 0.1) is 5.56 Å². The number of aryl methyl sites for hydroxylation is 2. The maximum absolute atomic E-state index is 12.2. The molecule has 1 aliphatic rings. The molecule has 0 bridgehead atoms. The van der Waals surface area contributed by atoms with E-state index in [2.05, 4.69) is 28.9 Å². The number of nitrogens with zero attached hydrogens (tertiary/aromatic N) is 1. The summed E-state index contributed by atoms with van der Waals surface area (Å²) in [5, 5.41) is 2.97. The van der Waals surface area contributed by atoms with E-state index >= 15 is 0 Å². The first kappa shape index (κ1) is 19.2. The molecule has 1 N–H and O–H groups in total. The summed E-state index contributed by atoms with van der Waals surface area (Å²) in [7, 11) is 0. The molecule has 1 aliphatic carbocycles. The maximum Gasteiger partial charge on any atom is 0.338 e. The number of benzene rings is 1. The number of rotatable bonds is 5. The van der Waals surface area contributed by atoms with Gasteiger partial charge in [-0.2, -0.15) is 0 Å². The molecule has 5 nitrogen and oxygen atoms in total. The topological polar surface area (TPSA) is 60.3 Å². The van der Waals surface area contributed by atoms with Crippen molar-refractivity contribution < 1.29 is 14.3 Å². The van der Waals surface area contributed by atoms with Crippen LogP contribution in [0.2, 0.25) is 0 Å². The second-order valence-electron chi connectivity index (χ2n) is 7.60. The van der Waals surface area contributed by atoms with Gasteiger partial charge in [-0.15, -0.1) is 0 Å². The number of aromatic nitrogens is 1. The van der Waals surface area contributed by atoms with E-state index in [4.69, 9.17) is 4.74 Å². The van der Waals surface area contributed by atoms with Crippen LogP contribution in [0.1, 0.15) is 54.4 Å². The van der Waals surface area contributed by atoms with Crippen LogP contribution in [0.25, 0.3) is 5.69 Å². The van der Waals surface area contributed by atoms with E-state index in [9.17, 15) is 9.59 Å². The average molecular weight is 368 g/mol. The third-order valence-corrected chi connectivity index (χ3v) is 5.35. The van der Waals surface area contributed by atoms with Crippen LogP contribution >= 0.6 is 0 Å². The van der Waals surface area contributed by atoms with E-state index in [1.54, 1.807) is 12.1 Å². The lowest BCUT2D eigenvalue weighted by Crippen LogP contribution is -2.39. The largest absolute Gasteiger partial charge is 0.452 e. The van der Waals surface area contributed by atoms with Crippen molar-refractivity contribution in [3.05, 3.63) is 53.3 Å². The lowest BCUT2D eigenvalue weighted by Gasteiger charge is -2.26. The quantitative estimate of drug-likeness (QED) is 0.813. The molecule has 1 aromatic carbocycles. The van der Waals surface area contributed by atoms with Gasteiger partial charge in [-0.1, -0.05) is 6.92 Å². The molecule has 2 aromatic rings. The molecule has 0 saturated heterocycles. The average Bonchev–Trinajstić information content (AvgIpc) is 3.00. The highest BCUT2D eigenvalue weighted by Crippen LogP contribution is 2.23. The molecule has 27 heavy (non-hydrogen) atoms. The Morgan fingerprint density at radius 1 is 1.00 bits per heavy atom. The van der Waals surface area contributed by atoms with Crippen LogP contribution in [0, 0.1) is 19.8 Å². The van der Waals surface area contributed by atoms with Crippen molar-refractivity contribution in [2.24, 2.45) is 5.92 Å². The Kier molecular flexibility index (Phi) is 5.99. The molecular formula is C22H28N2O3. The molecule has 0 spiro atoms. The molecule has 3 rings (SSSR count). The van der Waals surface area contributed by atoms with Crippen molar-refractivity contribution in [3.8, 4) is 5.69 Å². The molecule has 144 valence electrons. The molecule has 0 radical (unpaired) electrons. The number of hydrogen-bond acceptors (Lipinski definition) is 3. The Bertz CT molecular complexity index is 780. The SMILES string of the molecule is Cc1ccc(C)n1-c1ccc(C(=O)OCC(=O)NC2CCC(C)CC2)cc1. The molecule has 1 heterocycles. The van der Waals surface area contributed by atoms with Gasteiger partial charge in [0.2, 0.25) is 0 Å². The number of nitrogens with one attached hydrogen (secondary N) is 1. The van der Waals surface area contributed by atoms with Crippen molar-refractivity contribution >= 4 is 11.9 Å². The summed E-state index contributed by atoms with van der Waals surface area (Å²) in [6.07, 6.45) is 4.27. The minimum absolute atomic E-state index is 0.208. The first-order valence-electron chi connectivity index (χ1n) is 9.66. The Labute approximate surface area is 160 Å². The van der Waals surface area contributed by atoms with Crippen LogP contribution in [0.15, 0.2) is 36.4 Å². The van der Waals surface area contributed by atoms with Crippen molar-refractivity contribution in [3.63, 3.8) is 0 Å². The summed E-state index contributed by atoms with van der Waals surface area (Å²) in [6.45, 7) is 6.09. The zero-order valence-electron chi connectivity index (χ0n) is 16.3. The molecule has 1 fully saturated rings. The number of carbonyl (C=O) groups excluding carboxylic acids is 2. The van der Waals surface area contributed by atoms with Gasteiger partial charge in [0.1, 0.15) is 0 Å². The fourth-order valence-electron chi connectivity index (χ4n) is 3.71. The van der Waals surface area contributed by atoms with Gasteiger partial charge in [0.15, 0.2) is 6.61 Å². The lowest BCUT2D eigenvalue weighted by atomic mass is 9.87. The van der Waals surface area contributed by atoms with Gasteiger partial charge in [-0.05, 0) is 81.8 Å². The smallest absolute Gasteiger partial charge is 0.338 e. The van der Waals surface area contributed by atoms with Gasteiger partial charge in [0, 0.05) is 23.1 Å². The summed E-state index contributed by atoms with van der Waals surface area (Å²) in [5.41, 5.74) is 3.71. The fourth-order valence-corrected chi connectivity index (χ4v) is 3.71. The Hall–Kier alpha value is -2.56. The van der Waals surface area contributed by atoms with E-state index in [0.717, 1.165) is 48.7 Å². The summed E-state index contributed by atoms with van der Waals surface area (Å²) < 4.78 is 7.29. The highest BCUT2D eigenvalue weighted by atomic mass is 16.5. The fraction of sp³-hybridized carbons (Fsp3) is 0.455. The van der Waals surface area contributed by atoms with E-state index in [-0.39, 0.29) is 18.6 Å². The van der Waals surface area contributed by atoms with Crippen molar-refractivity contribution in [1.29, 1.82) is 0 Å². The molecule has 1 saturated carbocycles. The third kappa shape index (κ3) is 4.79. The highest BCUT2D eigenvalue weighted by molar-refractivity contribution is 5.91. The normalized spacial score (nSPS) is 19.5. The zero-order chi connectivity index (χ0) is 19.4. The first-order valence-corrected chi connectivity index (χ1v) is 9.66. The van der Waals surface area contributed by atoms with E-state index in [0.29, 0.717) is 5.56 Å². The first-order chi connectivity index (χ1) is 12.9. The maximum atomic E-state index is 12.2. The summed E-state index contributed by atoms with van der Waals surface area (Å²) in [6, 6.07) is 11.6. The standard InChI is InChI=1S/C22H28N2O3/c1-15-4-10-19(11-5-15)23-21(25)14-27-22(26)18-8-12-20(13-9-18)24-16(2)6-7-17(24)3/h6-9,12-13,15,19H,4-5,10-11,14H2,1-3H3,(H,23,25). The predicted octanol–water partition coefficient (Wildman–Crippen LogP) is 3.95. The van der Waals surface area contributed by atoms with E-state index in [1.165, 1.54) is 0 Å². The predicted molar refractivity (Wildman–Crippen MR) is 105 cm³/mol. The molecule has 0 unspecified atom stereocenters. The van der Waals surface area contributed by atoms with E-state index < -0.39 is 5.97 Å². The van der Waals surface area contributed by atoms with Crippen molar-refractivity contribution in [2.75, 3.05) is 6.61 Å². The van der Waals surface area contributed by atoms with Crippen LogP contribution in [0.3, 0.4) is 0 Å². The Morgan fingerprint density at radius 3 is 2.19 bits per heavy atom. The number of amides is 1. The third-order valence-electron chi connectivity index (χ3n) is 5.35. The molecule has 0 atom stereocenters. The molecule has 1 amide bonds. The number of hydrogen-bond donors (Lipinski definition) is 1. The summed E-state index contributed by atoms with van der Waals surface area (Å²) in [4.78, 5) is 24.2. The second kappa shape index (κ2) is 8.42. The molecular weight excluding hydrogens is 340 g/mol. The van der Waals surface area contributed by atoms with Gasteiger partial charge in [-0.25, -0.2) is 4.79 Å². The Morgan fingerprint density at radius 2 is 1.59 bits per heavy atom. The number of esters is 1. The van der Waals surface area contributed by atoms with Gasteiger partial charge >= 0.3 is 5.97 Å². The van der Waals surface area contributed by atoms with Crippen molar-refractivity contribution in [2.45, 2.75) is 52.5 Å². The van der Waals surface area contributed by atoms with Gasteiger partial charge in [-0.3, -0.25) is 4.79 Å². The van der Waals surface area contributed by atoms with Gasteiger partial charge < -0.3 is 14.6 Å². The minimum Gasteiger partial charge on any atom is -0.452 e. The van der Waals surface area contributed by atoms with Crippen LogP contribution in [-0.4, -0.2) is 29.1 Å². The van der Waals surface area contributed by atoms with Crippen molar-refractivity contribution in [1.82, 2.24) is 9.88 Å². The molecule has 1 aromatic heterocycles. The summed E-state index contributed by atoms with van der Waals surface area (Å²) >= 11 is 0. The van der Waals surface area contributed by atoms with E-state index in [1.807, 2.05) is 26.0 Å². The van der Waals surface area contributed by atoms with Crippen LogP contribution in [-0.2, 0) is 9.53 Å². The highest BCUT2D eigenvalue weighted by Gasteiger charge is 2.20. The summed E-state index contributed by atoms with van der Waals surface area (Å²) in [5.74, 6) is 0.0334.